The van der Waals surface area contributed by atoms with E-state index in [2.05, 4.69) is 11.9 Å². The van der Waals surface area contributed by atoms with E-state index in [0.717, 1.165) is 37.4 Å². The lowest BCUT2D eigenvalue weighted by Gasteiger charge is -2.32. The summed E-state index contributed by atoms with van der Waals surface area (Å²) in [5.74, 6) is 0.120. The predicted octanol–water partition coefficient (Wildman–Crippen LogP) is 1.29. The maximum Gasteiger partial charge on any atom is 0.175 e. The van der Waals surface area contributed by atoms with Crippen LogP contribution in [0.2, 0.25) is 0 Å². The lowest BCUT2D eigenvalue weighted by atomic mass is 10.2. The Kier molecular flexibility index (Phi) is 3.89. The largest absolute Gasteiger partial charge is 0.341 e. The van der Waals surface area contributed by atoms with Crippen LogP contribution in [-0.2, 0) is 4.79 Å². The summed E-state index contributed by atoms with van der Waals surface area (Å²) in [7, 11) is 0. The van der Waals surface area contributed by atoms with Crippen molar-refractivity contribution in [2.75, 3.05) is 19.6 Å². The molecule has 14 heavy (non-hydrogen) atoms. The zero-order chi connectivity index (χ0) is 10.6. The summed E-state index contributed by atoms with van der Waals surface area (Å²) >= 11 is 0. The molecule has 0 aliphatic carbocycles. The van der Waals surface area contributed by atoms with Crippen molar-refractivity contribution in [3.63, 3.8) is 0 Å². The molecule has 0 amide bonds. The van der Waals surface area contributed by atoms with Gasteiger partial charge >= 0.3 is 0 Å². The number of carbonyl (C=O) groups excluding carboxylic acids is 1. The Morgan fingerprint density at radius 2 is 2.43 bits per heavy atom. The summed E-state index contributed by atoms with van der Waals surface area (Å²) in [4.78, 5) is 13.4. The predicted molar refractivity (Wildman–Crippen MR) is 57.8 cm³/mol. The van der Waals surface area contributed by atoms with Crippen LogP contribution in [0.3, 0.4) is 0 Å². The highest BCUT2D eigenvalue weighted by Crippen LogP contribution is 2.14. The van der Waals surface area contributed by atoms with Gasteiger partial charge in [0.25, 0.3) is 0 Å². The topological polar surface area (TPSA) is 32.3 Å². The van der Waals surface area contributed by atoms with Crippen LogP contribution < -0.4 is 5.32 Å². The Morgan fingerprint density at radius 1 is 1.71 bits per heavy atom. The van der Waals surface area contributed by atoms with Gasteiger partial charge in [-0.05, 0) is 6.42 Å². The minimum atomic E-state index is 0.120. The van der Waals surface area contributed by atoms with Crippen LogP contribution in [0, 0.1) is 0 Å². The Hall–Kier alpha value is -1.09. The zero-order valence-corrected chi connectivity index (χ0v) is 8.97. The summed E-state index contributed by atoms with van der Waals surface area (Å²) in [5, 5.41) is 3.22. The van der Waals surface area contributed by atoms with Gasteiger partial charge in [0, 0.05) is 32.3 Å². The molecule has 0 saturated carbocycles. The molecule has 3 heteroatoms. The molecule has 0 aromatic rings. The van der Waals surface area contributed by atoms with E-state index in [9.17, 15) is 4.79 Å². The summed E-state index contributed by atoms with van der Waals surface area (Å²) < 4.78 is 0. The van der Waals surface area contributed by atoms with E-state index >= 15 is 0 Å². The monoisotopic (exact) mass is 194 g/mol. The Morgan fingerprint density at radius 3 is 2.93 bits per heavy atom. The molecule has 0 atom stereocenters. The van der Waals surface area contributed by atoms with E-state index < -0.39 is 0 Å². The van der Waals surface area contributed by atoms with Gasteiger partial charge in [0.2, 0.25) is 0 Å². The normalized spacial score (nSPS) is 18.6. The molecule has 3 nitrogen and oxygen atoms in total. The number of piperazine rings is 1. The van der Waals surface area contributed by atoms with E-state index in [1.807, 2.05) is 17.9 Å². The molecule has 0 aromatic heterocycles. The van der Waals surface area contributed by atoms with Crippen LogP contribution in [0.1, 0.15) is 20.3 Å². The fraction of sp³-hybridized carbons (Fsp3) is 0.545. The van der Waals surface area contributed by atoms with Crippen molar-refractivity contribution in [1.29, 1.82) is 0 Å². The van der Waals surface area contributed by atoms with Gasteiger partial charge in [-0.2, -0.15) is 0 Å². The van der Waals surface area contributed by atoms with Gasteiger partial charge in [-0.25, -0.2) is 0 Å². The van der Waals surface area contributed by atoms with Crippen molar-refractivity contribution < 1.29 is 4.79 Å². The number of hydrogen-bond acceptors (Lipinski definition) is 3. The van der Waals surface area contributed by atoms with Crippen molar-refractivity contribution in [3.05, 3.63) is 24.0 Å². The first-order chi connectivity index (χ1) is 6.66. The van der Waals surface area contributed by atoms with Gasteiger partial charge in [0.05, 0.1) is 5.70 Å². The summed E-state index contributed by atoms with van der Waals surface area (Å²) in [5.41, 5.74) is 1.77. The number of carbonyl (C=O) groups is 1. The molecule has 0 aromatic carbocycles. The first kappa shape index (κ1) is 11.0. The molecular weight excluding hydrogens is 176 g/mol. The second-order valence-corrected chi connectivity index (χ2v) is 3.45. The fourth-order valence-corrected chi connectivity index (χ4v) is 1.61. The highest BCUT2D eigenvalue weighted by Gasteiger charge is 2.18. The smallest absolute Gasteiger partial charge is 0.175 e. The SMILES string of the molecule is C=C1CNCCN1/C(=C\CC)C(C)=O. The van der Waals surface area contributed by atoms with Crippen LogP contribution in [-0.4, -0.2) is 30.3 Å². The third-order valence-corrected chi connectivity index (χ3v) is 2.27. The molecule has 0 bridgehead atoms. The van der Waals surface area contributed by atoms with E-state index in [1.165, 1.54) is 0 Å². The molecule has 0 spiro atoms. The van der Waals surface area contributed by atoms with E-state index in [0.29, 0.717) is 0 Å². The Bertz CT molecular complexity index is 268. The number of ketones is 1. The van der Waals surface area contributed by atoms with Crippen LogP contribution >= 0.6 is 0 Å². The van der Waals surface area contributed by atoms with E-state index in [1.54, 1.807) is 6.92 Å². The Labute approximate surface area is 85.5 Å². The van der Waals surface area contributed by atoms with Crippen LogP contribution in [0.25, 0.3) is 0 Å². The molecule has 0 unspecified atom stereocenters. The third kappa shape index (κ3) is 2.45. The average Bonchev–Trinajstić information content (AvgIpc) is 2.15. The first-order valence-corrected chi connectivity index (χ1v) is 5.04. The first-order valence-electron chi connectivity index (χ1n) is 5.04. The number of hydrogen-bond donors (Lipinski definition) is 1. The van der Waals surface area contributed by atoms with Crippen molar-refractivity contribution in [2.24, 2.45) is 0 Å². The van der Waals surface area contributed by atoms with Gasteiger partial charge < -0.3 is 10.2 Å². The molecule has 1 aliphatic rings. The molecule has 1 aliphatic heterocycles. The second-order valence-electron chi connectivity index (χ2n) is 3.45. The minimum Gasteiger partial charge on any atom is -0.341 e. The maximum absolute atomic E-state index is 11.4. The third-order valence-electron chi connectivity index (χ3n) is 2.27. The average molecular weight is 194 g/mol. The number of allylic oxidation sites excluding steroid dienone is 2. The highest BCUT2D eigenvalue weighted by molar-refractivity contribution is 5.92. The molecule has 1 heterocycles. The Balaban J connectivity index is 2.81. The number of nitrogens with zero attached hydrogens (tertiary/aromatic N) is 1. The lowest BCUT2D eigenvalue weighted by Crippen LogP contribution is -2.42. The van der Waals surface area contributed by atoms with Gasteiger partial charge in [-0.1, -0.05) is 19.6 Å². The summed E-state index contributed by atoms with van der Waals surface area (Å²) in [6.45, 7) is 10.1. The molecule has 1 N–H and O–H groups in total. The molecular formula is C11H18N2O. The maximum atomic E-state index is 11.4. The van der Waals surface area contributed by atoms with Gasteiger partial charge in [0.1, 0.15) is 0 Å². The molecule has 78 valence electrons. The summed E-state index contributed by atoms with van der Waals surface area (Å²) in [6, 6.07) is 0. The number of nitrogens with one attached hydrogen (secondary N) is 1. The van der Waals surface area contributed by atoms with Gasteiger partial charge in [-0.15, -0.1) is 0 Å². The number of Topliss-reactive ketones (excluding diaryl/α,β-unsaturated/α-hetero) is 1. The highest BCUT2D eigenvalue weighted by atomic mass is 16.1. The summed E-state index contributed by atoms with van der Waals surface area (Å²) in [6.07, 6.45) is 2.85. The van der Waals surface area contributed by atoms with Crippen LogP contribution in [0.4, 0.5) is 0 Å². The van der Waals surface area contributed by atoms with Gasteiger partial charge in [-0.3, -0.25) is 4.79 Å². The molecule has 1 saturated heterocycles. The van der Waals surface area contributed by atoms with Crippen LogP contribution in [0.15, 0.2) is 24.0 Å². The standard InChI is InChI=1S/C11H18N2O/c1-4-5-11(10(3)14)13-7-6-12-8-9(13)2/h5,12H,2,4,6-8H2,1,3H3/b11-5-. The van der Waals surface area contributed by atoms with Gasteiger partial charge in [0.15, 0.2) is 5.78 Å². The van der Waals surface area contributed by atoms with Crippen molar-refractivity contribution >= 4 is 5.78 Å². The minimum absolute atomic E-state index is 0.120. The lowest BCUT2D eigenvalue weighted by molar-refractivity contribution is -0.114. The van der Waals surface area contributed by atoms with E-state index in [4.69, 9.17) is 0 Å². The molecule has 1 rings (SSSR count). The second kappa shape index (κ2) is 4.96. The zero-order valence-electron chi connectivity index (χ0n) is 8.97. The van der Waals surface area contributed by atoms with Crippen LogP contribution in [0.5, 0.6) is 0 Å². The molecule has 0 radical (unpaired) electrons. The van der Waals surface area contributed by atoms with Crippen molar-refractivity contribution in [1.82, 2.24) is 10.2 Å². The molecule has 1 fully saturated rings. The van der Waals surface area contributed by atoms with E-state index in [-0.39, 0.29) is 5.78 Å². The van der Waals surface area contributed by atoms with Crippen molar-refractivity contribution in [2.45, 2.75) is 20.3 Å². The number of rotatable bonds is 3. The quantitative estimate of drug-likeness (QED) is 0.687. The fourth-order valence-electron chi connectivity index (χ4n) is 1.61. The van der Waals surface area contributed by atoms with Crippen molar-refractivity contribution in [3.8, 4) is 0 Å².